The molecular weight excluding hydrogens is 2290 g/mol. The fourth-order valence-electron chi connectivity index (χ4n) is 8.94. The van der Waals surface area contributed by atoms with Gasteiger partial charge in [0.25, 0.3) is 0 Å². The molecule has 0 aliphatic carbocycles. The molecule has 0 fully saturated rings. The van der Waals surface area contributed by atoms with Crippen LogP contribution in [0.4, 0.5) is 50.4 Å². The van der Waals surface area contributed by atoms with Gasteiger partial charge in [-0.2, -0.15) is 49.7 Å². The van der Waals surface area contributed by atoms with Crippen molar-refractivity contribution in [3.63, 3.8) is 0 Å². The van der Waals surface area contributed by atoms with Gasteiger partial charge in [0.15, 0.2) is 11.5 Å². The molecular formula is C81H65F5Ir5N12O4S-5. The molecule has 15 rings (SSSR count). The Balaban J connectivity index is 0.000000420. The zero-order valence-electron chi connectivity index (χ0n) is 56.9. The molecule has 2 N–H and O–H groups in total. The van der Waals surface area contributed by atoms with Crippen LogP contribution in [0.25, 0.3) is 59.4 Å². The van der Waals surface area contributed by atoms with E-state index in [1.165, 1.54) is 72.0 Å². The number of aromatic nitrogens is 7. The number of thiophene rings is 1. The fourth-order valence-corrected chi connectivity index (χ4v) is 9.92. The normalized spacial score (nSPS) is 10.8. The number of fused-ring (bicyclic) bond motifs is 2. The first-order chi connectivity index (χ1) is 49.3. The monoisotopic (exact) mass is 2360 g/mol. The third-order valence-corrected chi connectivity index (χ3v) is 14.7. The van der Waals surface area contributed by atoms with E-state index in [1.807, 2.05) is 116 Å². The molecule has 0 atom stereocenters. The van der Waals surface area contributed by atoms with Crippen LogP contribution < -0.4 is 19.8 Å². The number of aliphatic hydroxyl groups is 1. The Morgan fingerprint density at radius 1 is 0.583 bits per heavy atom. The molecule has 0 spiro atoms. The van der Waals surface area contributed by atoms with Crippen LogP contribution in [0.3, 0.4) is 0 Å². The van der Waals surface area contributed by atoms with Crippen molar-refractivity contribution in [1.29, 1.82) is 0 Å². The molecule has 0 saturated heterocycles. The molecule has 6 aromatic carbocycles. The molecule has 2 aliphatic heterocycles. The van der Waals surface area contributed by atoms with Crippen LogP contribution in [0.5, 0.6) is 0 Å². The number of aliphatic hydroxyl groups excluding tert-OH is 1. The van der Waals surface area contributed by atoms with Gasteiger partial charge < -0.3 is 55.0 Å². The topological polar surface area (TPSA) is 183 Å². The predicted molar refractivity (Wildman–Crippen MR) is 393 cm³/mol. The van der Waals surface area contributed by atoms with Crippen molar-refractivity contribution in [2.45, 2.75) is 28.2 Å². The fraction of sp³-hybridized carbons (Fsp3) is 0.0741. The number of aromatic carboxylic acids is 1. The number of carboxylic acids is 1. The van der Waals surface area contributed by atoms with Crippen LogP contribution in [0.1, 0.15) is 37.3 Å². The number of benzene rings is 6. The van der Waals surface area contributed by atoms with Gasteiger partial charge in [0.2, 0.25) is 0 Å². The molecule has 13 aromatic rings. The second-order valence-electron chi connectivity index (χ2n) is 21.3. The Morgan fingerprint density at radius 2 is 1.19 bits per heavy atom. The van der Waals surface area contributed by atoms with Crippen molar-refractivity contribution in [1.82, 2.24) is 40.0 Å². The van der Waals surface area contributed by atoms with Crippen molar-refractivity contribution >= 4 is 61.6 Å². The number of ketones is 1. The Hall–Kier alpha value is -9.75. The van der Waals surface area contributed by atoms with Crippen LogP contribution in [-0.2, 0) is 105 Å². The molecule has 0 bridgehead atoms. The maximum absolute atomic E-state index is 13.8. The molecule has 4 radical (unpaired) electrons. The molecule has 0 amide bonds. The molecule has 0 unspecified atom stereocenters. The summed E-state index contributed by atoms with van der Waals surface area (Å²) >= 11 is 1.73. The quantitative estimate of drug-likeness (QED) is 0.0633. The maximum atomic E-state index is 13.8. The molecule has 2 aliphatic rings. The first kappa shape index (κ1) is 94.3. The minimum atomic E-state index is -0.990. The summed E-state index contributed by atoms with van der Waals surface area (Å²) in [5.41, 5.74) is 8.37. The number of allylic oxidation sites excluding steroid dienone is 2. The SMILES string of the molecule is C.CC(=O)C=C(C)O.CN1C=CN(c2[c-]cc(F)cc2)[CH-]1.CN1[CH-]N(c2[c-]cccc2)c2ccccc21.Fc1c[c-]c(-c2ccccn2)c(F)c1.O=C(O)c1ccccn1.[C-]#[N+]c1c(F)c[c-]c(-c2cc(C)ccn2)c1F.[Ir+3].[Ir].[Ir].[Ir].[Ir].[c-]1c(-c2ccccn2)sc2ccccc12.c1ccc(-c2ccn[n-]2)nc1. The molecule has 7 aromatic heterocycles. The summed E-state index contributed by atoms with van der Waals surface area (Å²) in [7, 11) is 3.99. The molecule has 27 heteroatoms. The standard InChI is InChI=1S/C14H12N2.C13H7F2N2.C13H8NS.C11H6F2N.C10H9FN2.C8H6N3.C6H5NO2.C5H8O2.CH4.5Ir/c1-15-11-16(12-7-3-2-4-8-12)14-10-6-5-9-13(14)15;1-8-5-6-17-11(7-8)9-3-4-10(14)13(16-2)12(9)15;1-2-7-12-10(5-1)9-13(15-12)11-6-3-4-8-14-11;12-8-4-5-9(10(13)7-8)11-3-1-2-6-14-11;1-12-6-7-13(8-12)10-4-2-9(11)3-5-10;1-2-5-9-7(3-1)8-4-6-10-11-8;8-6(9)5-3-1-2-4-7-5;1-4(6)3-5(2)7;;;;;;/h2-7,9-11H,1H3;4-7H,1H3;1-8H;1-4,6-7H;2-4,6-8H,1H3;1-6H;1-4H,(H,8,9);3,6H,1-2H3;1H4;;;;;/q-2;3*-1;-2;-1;;;;;;;;+3. The van der Waals surface area contributed by atoms with Crippen molar-refractivity contribution in [3.8, 4) is 44.5 Å². The van der Waals surface area contributed by atoms with E-state index in [-0.39, 0.29) is 142 Å². The average Bonchev–Trinajstić information content (AvgIpc) is 1.52. The predicted octanol–water partition coefficient (Wildman–Crippen LogP) is 19.0. The van der Waals surface area contributed by atoms with E-state index in [0.717, 1.165) is 57.1 Å². The Morgan fingerprint density at radius 3 is 1.70 bits per heavy atom. The first-order valence-electron chi connectivity index (χ1n) is 30.7. The maximum Gasteiger partial charge on any atom is 3.00 e. The van der Waals surface area contributed by atoms with Gasteiger partial charge in [-0.3, -0.25) is 36.6 Å². The van der Waals surface area contributed by atoms with E-state index >= 15 is 0 Å². The molecule has 16 nitrogen and oxygen atoms in total. The Kier molecular flexibility index (Phi) is 43.0. The van der Waals surface area contributed by atoms with Crippen LogP contribution in [0, 0.1) is 86.3 Å². The van der Waals surface area contributed by atoms with Crippen molar-refractivity contribution in [3.05, 3.63) is 357 Å². The summed E-state index contributed by atoms with van der Waals surface area (Å²) < 4.78 is 66.6. The largest absolute Gasteiger partial charge is 3.00 e. The summed E-state index contributed by atoms with van der Waals surface area (Å²) in [5.74, 6) is -4.43. The van der Waals surface area contributed by atoms with Crippen LogP contribution in [-0.4, -0.2) is 71.0 Å². The second kappa shape index (κ2) is 49.2. The zero-order chi connectivity index (χ0) is 72.8. The molecule has 0 saturated carbocycles. The summed E-state index contributed by atoms with van der Waals surface area (Å²) in [6.45, 7) is 15.4. The number of anilines is 4. The zero-order valence-corrected chi connectivity index (χ0v) is 69.7. The second-order valence-corrected chi connectivity index (χ2v) is 22.3. The number of hydrogen-bond donors (Lipinski definition) is 2. The number of carboxylic acid groups (broad SMARTS) is 1. The number of nitrogens with zero attached hydrogens (tertiary/aromatic N) is 12. The van der Waals surface area contributed by atoms with Gasteiger partial charge in [-0.25, -0.2) is 21.1 Å². The van der Waals surface area contributed by atoms with E-state index in [4.69, 9.17) is 16.8 Å². The number of halogens is 5. The van der Waals surface area contributed by atoms with Crippen molar-refractivity contribution < 1.29 is 142 Å². The summed E-state index contributed by atoms with van der Waals surface area (Å²) in [6.07, 6.45) is 14.7. The van der Waals surface area contributed by atoms with Crippen LogP contribution in [0.2, 0.25) is 0 Å². The van der Waals surface area contributed by atoms with E-state index in [1.54, 1.807) is 78.5 Å². The van der Waals surface area contributed by atoms with E-state index in [9.17, 15) is 31.5 Å². The number of rotatable bonds is 8. The van der Waals surface area contributed by atoms with Gasteiger partial charge in [-0.1, -0.05) is 103 Å². The number of carbonyl (C=O) groups is 2. The smallest absolute Gasteiger partial charge is 0.574 e. The number of pyridine rings is 5. The van der Waals surface area contributed by atoms with Gasteiger partial charge in [0, 0.05) is 176 Å². The average molecular weight is 2360 g/mol. The first-order valence-corrected chi connectivity index (χ1v) is 31.5. The number of carbonyl (C=O) groups excluding carboxylic acids is 1. The minimum Gasteiger partial charge on any atom is -0.574 e. The van der Waals surface area contributed by atoms with Crippen molar-refractivity contribution in [2.24, 2.45) is 0 Å². The number of hydrogen-bond acceptors (Lipinski definition) is 14. The number of aryl methyl sites for hydroxylation is 1. The summed E-state index contributed by atoms with van der Waals surface area (Å²) in [4.78, 5) is 52.1. The van der Waals surface area contributed by atoms with Gasteiger partial charge in [-0.05, 0) is 123 Å². The number of para-hydroxylation sites is 3. The van der Waals surface area contributed by atoms with Gasteiger partial charge in [0.05, 0.1) is 12.3 Å². The van der Waals surface area contributed by atoms with Gasteiger partial charge in [-0.15, -0.1) is 83.0 Å². The van der Waals surface area contributed by atoms with Gasteiger partial charge in [0.1, 0.15) is 5.69 Å². The van der Waals surface area contributed by atoms with Crippen LogP contribution in [0.15, 0.2) is 262 Å². The molecule has 9 heterocycles. The Bertz CT molecular complexity index is 4880. The van der Waals surface area contributed by atoms with Crippen LogP contribution >= 0.6 is 11.3 Å². The van der Waals surface area contributed by atoms with E-state index in [0.29, 0.717) is 11.4 Å². The van der Waals surface area contributed by atoms with E-state index in [2.05, 4.69) is 142 Å². The minimum absolute atomic E-state index is 0. The Labute approximate surface area is 696 Å². The molecule has 108 heavy (non-hydrogen) atoms. The van der Waals surface area contributed by atoms with Crippen molar-refractivity contribution in [2.75, 3.05) is 28.8 Å². The summed E-state index contributed by atoms with van der Waals surface area (Å²) in [6, 6.07) is 73.1. The molecule has 564 valence electrons. The third kappa shape index (κ3) is 29.4. The van der Waals surface area contributed by atoms with Gasteiger partial charge >= 0.3 is 26.1 Å². The van der Waals surface area contributed by atoms with E-state index < -0.39 is 34.9 Å². The summed E-state index contributed by atoms with van der Waals surface area (Å²) in [5, 5.41) is 25.4. The third-order valence-electron chi connectivity index (χ3n) is 13.6.